The van der Waals surface area contributed by atoms with Crippen LogP contribution < -0.4 is 11.5 Å². The fraction of sp³-hybridized carbons (Fsp3) is 0.667. The molecule has 0 aliphatic carbocycles. The highest BCUT2D eigenvalue weighted by Gasteiger charge is 2.49. The lowest BCUT2D eigenvalue weighted by Crippen LogP contribution is -2.37. The topological polar surface area (TPSA) is 76.9 Å². The van der Waals surface area contributed by atoms with Crippen LogP contribution in [-0.4, -0.2) is 18.8 Å². The zero-order valence-electron chi connectivity index (χ0n) is 3.79. The van der Waals surface area contributed by atoms with Crippen LogP contribution in [0.25, 0.3) is 0 Å². The molecule has 0 amide bonds. The summed E-state index contributed by atoms with van der Waals surface area (Å²) in [6.07, 6.45) is -0.382. The van der Waals surface area contributed by atoms with E-state index in [9.17, 15) is 0 Å². The van der Waals surface area contributed by atoms with Gasteiger partial charge in [0.25, 0.3) is 0 Å². The van der Waals surface area contributed by atoms with Gasteiger partial charge in [0.1, 0.15) is 0 Å². The lowest BCUT2D eigenvalue weighted by Gasteiger charge is -1.87. The van der Waals surface area contributed by atoms with Crippen molar-refractivity contribution in [2.24, 2.45) is 16.5 Å². The Bertz CT molecular complexity index is 100. The summed E-state index contributed by atoms with van der Waals surface area (Å²) in [7, 11) is 0. The number of rotatable bonds is 1. The standard InChI is InChI=1S/C3H7N3O/c1-6-2-3(4,5)7-2/h2H,1,4-5H2. The monoisotopic (exact) mass is 101 g/mol. The van der Waals surface area contributed by atoms with Crippen LogP contribution in [0, 0.1) is 0 Å². The number of epoxide rings is 1. The van der Waals surface area contributed by atoms with Gasteiger partial charge in [0, 0.05) is 0 Å². The zero-order valence-corrected chi connectivity index (χ0v) is 3.79. The molecule has 4 heteroatoms. The van der Waals surface area contributed by atoms with Crippen LogP contribution in [0.5, 0.6) is 0 Å². The highest BCUT2D eigenvalue weighted by molar-refractivity contribution is 5.25. The maximum absolute atomic E-state index is 5.14. The molecule has 1 heterocycles. The van der Waals surface area contributed by atoms with Crippen LogP contribution in [-0.2, 0) is 4.74 Å². The van der Waals surface area contributed by atoms with Crippen LogP contribution in [0.2, 0.25) is 0 Å². The molecule has 1 atom stereocenters. The van der Waals surface area contributed by atoms with E-state index >= 15 is 0 Å². The van der Waals surface area contributed by atoms with Gasteiger partial charge in [-0.15, -0.1) is 0 Å². The average molecular weight is 101 g/mol. The van der Waals surface area contributed by atoms with E-state index in [1.165, 1.54) is 0 Å². The number of nitrogens with two attached hydrogens (primary N) is 2. The first kappa shape index (κ1) is 4.70. The Morgan fingerprint density at radius 1 is 1.71 bits per heavy atom. The SMILES string of the molecule is C=NC1OC1(N)N. The first-order valence-electron chi connectivity index (χ1n) is 1.88. The molecule has 0 aromatic rings. The van der Waals surface area contributed by atoms with Gasteiger partial charge < -0.3 is 4.74 Å². The van der Waals surface area contributed by atoms with Gasteiger partial charge in [-0.1, -0.05) is 0 Å². The third kappa shape index (κ3) is 0.628. The largest absolute Gasteiger partial charge is 0.312 e. The highest BCUT2D eigenvalue weighted by atomic mass is 16.7. The summed E-state index contributed by atoms with van der Waals surface area (Å²) in [5.41, 5.74) is 10.3. The number of aliphatic imine (C=N–C) groups is 1. The minimum Gasteiger partial charge on any atom is -0.312 e. The number of nitrogens with zero attached hydrogens (tertiary/aromatic N) is 1. The summed E-state index contributed by atoms with van der Waals surface area (Å²) in [6.45, 7) is 3.18. The Kier molecular flexibility index (Phi) is 0.694. The van der Waals surface area contributed by atoms with Crippen molar-refractivity contribution in [3.05, 3.63) is 0 Å². The molecule has 1 aliphatic rings. The second kappa shape index (κ2) is 1.03. The fourth-order valence-electron chi connectivity index (χ4n) is 0.339. The van der Waals surface area contributed by atoms with Gasteiger partial charge in [0.05, 0.1) is 0 Å². The van der Waals surface area contributed by atoms with Gasteiger partial charge >= 0.3 is 0 Å². The second-order valence-electron chi connectivity index (χ2n) is 1.51. The summed E-state index contributed by atoms with van der Waals surface area (Å²) in [5, 5.41) is 0. The van der Waals surface area contributed by atoms with Crippen molar-refractivity contribution in [3.8, 4) is 0 Å². The molecule has 1 aliphatic heterocycles. The second-order valence-corrected chi connectivity index (χ2v) is 1.51. The maximum Gasteiger partial charge on any atom is 0.220 e. The first-order chi connectivity index (χ1) is 3.17. The molecule has 1 rings (SSSR count). The minimum atomic E-state index is -1.01. The van der Waals surface area contributed by atoms with Crippen molar-refractivity contribution in [2.45, 2.75) is 12.1 Å². The average Bonchev–Trinajstić information content (AvgIpc) is 2.13. The normalized spacial score (nSPS) is 34.9. The number of hydrogen-bond acceptors (Lipinski definition) is 4. The lowest BCUT2D eigenvalue weighted by atomic mass is 10.6. The molecule has 0 spiro atoms. The van der Waals surface area contributed by atoms with Gasteiger partial charge in [-0.2, -0.15) is 0 Å². The Morgan fingerprint density at radius 2 is 2.14 bits per heavy atom. The molecule has 0 bridgehead atoms. The number of hydrogen-bond donors (Lipinski definition) is 2. The van der Waals surface area contributed by atoms with Gasteiger partial charge in [-0.25, -0.2) is 0 Å². The van der Waals surface area contributed by atoms with Crippen LogP contribution in [0.1, 0.15) is 0 Å². The van der Waals surface area contributed by atoms with Crippen molar-refractivity contribution < 1.29 is 4.74 Å². The van der Waals surface area contributed by atoms with Crippen LogP contribution in [0.4, 0.5) is 0 Å². The van der Waals surface area contributed by atoms with Crippen molar-refractivity contribution in [1.29, 1.82) is 0 Å². The first-order valence-corrected chi connectivity index (χ1v) is 1.88. The molecule has 7 heavy (non-hydrogen) atoms. The van der Waals surface area contributed by atoms with E-state index in [0.717, 1.165) is 0 Å². The van der Waals surface area contributed by atoms with E-state index in [-0.39, 0.29) is 6.23 Å². The summed E-state index contributed by atoms with van der Waals surface area (Å²) < 4.78 is 4.58. The van der Waals surface area contributed by atoms with Crippen molar-refractivity contribution >= 4 is 6.72 Å². The lowest BCUT2D eigenvalue weighted by molar-refractivity contribution is 0.306. The Hall–Kier alpha value is -0.450. The molecular weight excluding hydrogens is 94.1 g/mol. The van der Waals surface area contributed by atoms with Crippen LogP contribution in [0.3, 0.4) is 0 Å². The predicted octanol–water partition coefficient (Wildman–Crippen LogP) is -1.39. The van der Waals surface area contributed by atoms with Gasteiger partial charge in [-0.3, -0.25) is 16.5 Å². The molecule has 4 nitrogen and oxygen atoms in total. The Labute approximate surface area is 41.2 Å². The minimum absolute atomic E-state index is 0.382. The van der Waals surface area contributed by atoms with Gasteiger partial charge in [-0.05, 0) is 6.72 Å². The Balaban J connectivity index is 2.44. The van der Waals surface area contributed by atoms with E-state index in [1.807, 2.05) is 0 Å². The van der Waals surface area contributed by atoms with Gasteiger partial charge in [0.15, 0.2) is 0 Å². The van der Waals surface area contributed by atoms with E-state index < -0.39 is 5.85 Å². The summed E-state index contributed by atoms with van der Waals surface area (Å²) in [6, 6.07) is 0. The van der Waals surface area contributed by atoms with Crippen LogP contribution >= 0.6 is 0 Å². The van der Waals surface area contributed by atoms with Crippen LogP contribution in [0.15, 0.2) is 4.99 Å². The molecule has 0 radical (unpaired) electrons. The van der Waals surface area contributed by atoms with Crippen molar-refractivity contribution in [3.63, 3.8) is 0 Å². The molecule has 4 N–H and O–H groups in total. The molecular formula is C3H7N3O. The highest BCUT2D eigenvalue weighted by Crippen LogP contribution is 2.24. The molecule has 40 valence electrons. The molecule has 1 unspecified atom stereocenters. The summed E-state index contributed by atoms with van der Waals surface area (Å²) in [5.74, 6) is -1.01. The zero-order chi connectivity index (χ0) is 5.49. The third-order valence-corrected chi connectivity index (χ3v) is 0.810. The summed E-state index contributed by atoms with van der Waals surface area (Å²) in [4.78, 5) is 3.43. The third-order valence-electron chi connectivity index (χ3n) is 0.810. The molecule has 1 fully saturated rings. The summed E-state index contributed by atoms with van der Waals surface area (Å²) >= 11 is 0. The molecule has 0 aromatic heterocycles. The van der Waals surface area contributed by atoms with E-state index in [2.05, 4.69) is 16.4 Å². The van der Waals surface area contributed by atoms with Crippen molar-refractivity contribution in [1.82, 2.24) is 0 Å². The van der Waals surface area contributed by atoms with Gasteiger partial charge in [0.2, 0.25) is 12.1 Å². The molecule has 1 saturated heterocycles. The van der Waals surface area contributed by atoms with E-state index in [4.69, 9.17) is 11.5 Å². The van der Waals surface area contributed by atoms with E-state index in [0.29, 0.717) is 0 Å². The quantitative estimate of drug-likeness (QED) is 0.242. The molecule has 0 saturated carbocycles. The molecule has 0 aromatic carbocycles. The maximum atomic E-state index is 5.14. The fourth-order valence-corrected chi connectivity index (χ4v) is 0.339. The number of ether oxygens (including phenoxy) is 1. The Morgan fingerprint density at radius 3 is 2.14 bits per heavy atom. The van der Waals surface area contributed by atoms with Crippen molar-refractivity contribution in [2.75, 3.05) is 0 Å². The smallest absolute Gasteiger partial charge is 0.220 e. The predicted molar refractivity (Wildman–Crippen MR) is 25.5 cm³/mol. The van der Waals surface area contributed by atoms with E-state index in [1.54, 1.807) is 0 Å².